The quantitative estimate of drug-likeness (QED) is 0.603. The van der Waals surface area contributed by atoms with Crippen LogP contribution < -0.4 is 5.32 Å². The molecule has 0 aliphatic heterocycles. The molecule has 0 aliphatic carbocycles. The smallest absolute Gasteiger partial charge is 0.0725 e. The van der Waals surface area contributed by atoms with E-state index in [2.05, 4.69) is 33.0 Å². The third-order valence-corrected chi connectivity index (χ3v) is 2.76. The van der Waals surface area contributed by atoms with E-state index in [0.29, 0.717) is 12.1 Å². The Labute approximate surface area is 95.8 Å². The summed E-state index contributed by atoms with van der Waals surface area (Å²) in [6.07, 6.45) is 6.52. The monoisotopic (exact) mass is 215 g/mol. The standard InChI is InChI=1S/C13H29NO/c1-5-9-10-12(14-11-6-2)13(7-3)15-8-4/h12-14H,5-11H2,1-4H3. The summed E-state index contributed by atoms with van der Waals surface area (Å²) in [6.45, 7) is 10.7. The molecule has 0 saturated heterocycles. The van der Waals surface area contributed by atoms with Crippen molar-refractivity contribution in [2.45, 2.75) is 71.9 Å². The first kappa shape index (κ1) is 14.9. The molecule has 0 aromatic heterocycles. The van der Waals surface area contributed by atoms with Crippen molar-refractivity contribution < 1.29 is 4.74 Å². The number of nitrogens with one attached hydrogen (secondary N) is 1. The zero-order valence-electron chi connectivity index (χ0n) is 11.0. The number of unbranched alkanes of at least 4 members (excludes halogenated alkanes) is 1. The van der Waals surface area contributed by atoms with Crippen LogP contribution in [-0.2, 0) is 4.74 Å². The van der Waals surface area contributed by atoms with Crippen LogP contribution in [0.1, 0.15) is 59.8 Å². The van der Waals surface area contributed by atoms with Crippen LogP contribution in [0.3, 0.4) is 0 Å². The van der Waals surface area contributed by atoms with E-state index in [-0.39, 0.29) is 0 Å². The Bertz CT molecular complexity index is 120. The molecule has 0 fully saturated rings. The highest BCUT2D eigenvalue weighted by Gasteiger charge is 2.18. The first-order chi connectivity index (χ1) is 7.29. The second-order valence-corrected chi connectivity index (χ2v) is 4.10. The highest BCUT2D eigenvalue weighted by molar-refractivity contribution is 4.76. The number of hydrogen-bond acceptors (Lipinski definition) is 2. The molecule has 2 unspecified atom stereocenters. The van der Waals surface area contributed by atoms with Gasteiger partial charge in [0, 0.05) is 12.6 Å². The first-order valence-corrected chi connectivity index (χ1v) is 6.64. The number of rotatable bonds is 10. The van der Waals surface area contributed by atoms with E-state index in [4.69, 9.17) is 4.74 Å². The van der Waals surface area contributed by atoms with Crippen LogP contribution in [-0.4, -0.2) is 25.3 Å². The van der Waals surface area contributed by atoms with E-state index in [1.807, 2.05) is 0 Å². The molecule has 2 heteroatoms. The lowest BCUT2D eigenvalue weighted by Gasteiger charge is -2.27. The Morgan fingerprint density at radius 2 is 1.80 bits per heavy atom. The van der Waals surface area contributed by atoms with Crippen molar-refractivity contribution in [2.24, 2.45) is 0 Å². The molecule has 92 valence electrons. The Balaban J connectivity index is 4.02. The van der Waals surface area contributed by atoms with Gasteiger partial charge in [0.2, 0.25) is 0 Å². The molecule has 0 radical (unpaired) electrons. The molecular weight excluding hydrogens is 186 g/mol. The predicted octanol–water partition coefficient (Wildman–Crippen LogP) is 3.36. The van der Waals surface area contributed by atoms with Gasteiger partial charge in [-0.2, -0.15) is 0 Å². The lowest BCUT2D eigenvalue weighted by Crippen LogP contribution is -2.41. The van der Waals surface area contributed by atoms with Crippen LogP contribution in [0.2, 0.25) is 0 Å². The average molecular weight is 215 g/mol. The van der Waals surface area contributed by atoms with E-state index in [1.165, 1.54) is 25.7 Å². The van der Waals surface area contributed by atoms with E-state index in [0.717, 1.165) is 19.6 Å². The topological polar surface area (TPSA) is 21.3 Å². The minimum Gasteiger partial charge on any atom is -0.377 e. The van der Waals surface area contributed by atoms with Crippen molar-refractivity contribution in [1.29, 1.82) is 0 Å². The molecule has 2 atom stereocenters. The fourth-order valence-electron chi connectivity index (χ4n) is 1.91. The Kier molecular flexibility index (Phi) is 10.4. The first-order valence-electron chi connectivity index (χ1n) is 6.64. The molecule has 0 amide bonds. The maximum absolute atomic E-state index is 5.78. The number of hydrogen-bond donors (Lipinski definition) is 1. The predicted molar refractivity (Wildman–Crippen MR) is 67.3 cm³/mol. The van der Waals surface area contributed by atoms with Gasteiger partial charge in [-0.15, -0.1) is 0 Å². The second kappa shape index (κ2) is 10.4. The minimum absolute atomic E-state index is 0.396. The zero-order chi connectivity index (χ0) is 11.5. The van der Waals surface area contributed by atoms with Gasteiger partial charge in [-0.3, -0.25) is 0 Å². The lowest BCUT2D eigenvalue weighted by molar-refractivity contribution is 0.0291. The van der Waals surface area contributed by atoms with Crippen molar-refractivity contribution in [3.8, 4) is 0 Å². The second-order valence-electron chi connectivity index (χ2n) is 4.10. The van der Waals surface area contributed by atoms with Crippen molar-refractivity contribution >= 4 is 0 Å². The summed E-state index contributed by atoms with van der Waals surface area (Å²) in [7, 11) is 0. The molecule has 2 nitrogen and oxygen atoms in total. The summed E-state index contributed by atoms with van der Waals surface area (Å²) in [6, 6.07) is 0.551. The van der Waals surface area contributed by atoms with Crippen LogP contribution >= 0.6 is 0 Å². The molecule has 0 aliphatic rings. The molecule has 0 rings (SSSR count). The van der Waals surface area contributed by atoms with Gasteiger partial charge in [-0.1, -0.05) is 33.6 Å². The summed E-state index contributed by atoms with van der Waals surface area (Å²) in [5, 5.41) is 3.62. The lowest BCUT2D eigenvalue weighted by atomic mass is 10.0. The number of ether oxygens (including phenoxy) is 1. The SMILES string of the molecule is CCCCC(NCCC)C(CC)OCC. The van der Waals surface area contributed by atoms with Crippen molar-refractivity contribution in [3.05, 3.63) is 0 Å². The molecule has 0 heterocycles. The fraction of sp³-hybridized carbons (Fsp3) is 1.00. The highest BCUT2D eigenvalue weighted by Crippen LogP contribution is 2.11. The maximum atomic E-state index is 5.78. The molecule has 15 heavy (non-hydrogen) atoms. The van der Waals surface area contributed by atoms with Crippen LogP contribution in [0.15, 0.2) is 0 Å². The highest BCUT2D eigenvalue weighted by atomic mass is 16.5. The van der Waals surface area contributed by atoms with Gasteiger partial charge in [0.1, 0.15) is 0 Å². The third kappa shape index (κ3) is 6.91. The summed E-state index contributed by atoms with van der Waals surface area (Å²) < 4.78 is 5.78. The van der Waals surface area contributed by atoms with Crippen LogP contribution in [0, 0.1) is 0 Å². The third-order valence-electron chi connectivity index (χ3n) is 2.76. The van der Waals surface area contributed by atoms with Crippen molar-refractivity contribution in [3.63, 3.8) is 0 Å². The maximum Gasteiger partial charge on any atom is 0.0725 e. The Morgan fingerprint density at radius 3 is 2.27 bits per heavy atom. The van der Waals surface area contributed by atoms with E-state index >= 15 is 0 Å². The molecule has 0 bridgehead atoms. The van der Waals surface area contributed by atoms with Gasteiger partial charge < -0.3 is 10.1 Å². The van der Waals surface area contributed by atoms with Crippen LogP contribution in [0.5, 0.6) is 0 Å². The molecule has 0 aromatic carbocycles. The van der Waals surface area contributed by atoms with E-state index in [1.54, 1.807) is 0 Å². The Morgan fingerprint density at radius 1 is 1.07 bits per heavy atom. The van der Waals surface area contributed by atoms with Gasteiger partial charge in [-0.05, 0) is 32.7 Å². The van der Waals surface area contributed by atoms with Gasteiger partial charge in [-0.25, -0.2) is 0 Å². The van der Waals surface area contributed by atoms with Gasteiger partial charge >= 0.3 is 0 Å². The van der Waals surface area contributed by atoms with E-state index < -0.39 is 0 Å². The van der Waals surface area contributed by atoms with Gasteiger partial charge in [0.15, 0.2) is 0 Å². The summed E-state index contributed by atoms with van der Waals surface area (Å²) in [4.78, 5) is 0. The molecule has 0 spiro atoms. The molecular formula is C13H29NO. The van der Waals surface area contributed by atoms with Crippen molar-refractivity contribution in [1.82, 2.24) is 5.32 Å². The summed E-state index contributed by atoms with van der Waals surface area (Å²) in [5.74, 6) is 0. The summed E-state index contributed by atoms with van der Waals surface area (Å²) >= 11 is 0. The Hall–Kier alpha value is -0.0800. The largest absolute Gasteiger partial charge is 0.377 e. The summed E-state index contributed by atoms with van der Waals surface area (Å²) in [5.41, 5.74) is 0. The van der Waals surface area contributed by atoms with Crippen LogP contribution in [0.4, 0.5) is 0 Å². The zero-order valence-corrected chi connectivity index (χ0v) is 11.0. The molecule has 0 saturated carbocycles. The van der Waals surface area contributed by atoms with Crippen LogP contribution in [0.25, 0.3) is 0 Å². The van der Waals surface area contributed by atoms with Gasteiger partial charge in [0.25, 0.3) is 0 Å². The average Bonchev–Trinajstić information content (AvgIpc) is 2.27. The van der Waals surface area contributed by atoms with E-state index in [9.17, 15) is 0 Å². The molecule has 0 aromatic rings. The molecule has 1 N–H and O–H groups in total. The van der Waals surface area contributed by atoms with Crippen molar-refractivity contribution in [2.75, 3.05) is 13.2 Å². The van der Waals surface area contributed by atoms with Gasteiger partial charge in [0.05, 0.1) is 6.10 Å². The fourth-order valence-corrected chi connectivity index (χ4v) is 1.91. The minimum atomic E-state index is 0.396. The normalized spacial score (nSPS) is 15.2.